The molecule has 0 N–H and O–H groups in total. The summed E-state index contributed by atoms with van der Waals surface area (Å²) >= 11 is 0. The number of ether oxygens (including phenoxy) is 1. The average molecular weight is 563 g/mol. The van der Waals surface area contributed by atoms with E-state index >= 15 is 0 Å². The number of hydrogen-bond acceptors (Lipinski definition) is 3. The largest absolute Gasteiger partial charge is 0.462 e. The van der Waals surface area contributed by atoms with E-state index in [-0.39, 0.29) is 23.3 Å². The van der Waals surface area contributed by atoms with Crippen molar-refractivity contribution >= 4 is 11.8 Å². The highest BCUT2D eigenvalue weighted by Gasteiger charge is 2.48. The smallest absolute Gasteiger partial charge is 0.302 e. The molecule has 0 aliphatic heterocycles. The Bertz CT molecular complexity index is 1080. The van der Waals surface area contributed by atoms with Gasteiger partial charge >= 0.3 is 5.97 Å². The zero-order valence-corrected chi connectivity index (χ0v) is 27.4. The van der Waals surface area contributed by atoms with Crippen molar-refractivity contribution in [2.24, 2.45) is 29.1 Å². The standard InChI is InChI=1S/C38H58O3/c1-9-10-11-14-37(40)34-25-31-18-20-33(34)36-22-21-35(29(6)17-16-28(5)26(2)3)38(36,8)23-12-13-27(4)15-19-32(24-31)41-30(7)39/h13,16-18,20,25-26,28-29,32,35-36H,9-12,14-15,19,21-24H2,1-8H3. The van der Waals surface area contributed by atoms with Crippen LogP contribution in [-0.4, -0.2) is 17.9 Å². The lowest BCUT2D eigenvalue weighted by atomic mass is 9.64. The summed E-state index contributed by atoms with van der Waals surface area (Å²) in [6.45, 7) is 17.8. The fourth-order valence-electron chi connectivity index (χ4n) is 7.47. The first-order chi connectivity index (χ1) is 19.5. The van der Waals surface area contributed by atoms with Crippen molar-refractivity contribution in [3.8, 4) is 0 Å². The van der Waals surface area contributed by atoms with Crippen LogP contribution in [0.25, 0.3) is 0 Å². The van der Waals surface area contributed by atoms with Gasteiger partial charge in [-0.2, -0.15) is 0 Å². The number of carbonyl (C=O) groups excluding carboxylic acids is 2. The number of benzene rings is 1. The highest BCUT2D eigenvalue weighted by atomic mass is 16.5. The van der Waals surface area contributed by atoms with Gasteiger partial charge in [-0.1, -0.05) is 90.3 Å². The quantitative estimate of drug-likeness (QED) is 0.123. The molecule has 2 bridgehead atoms. The van der Waals surface area contributed by atoms with Crippen LogP contribution in [0.5, 0.6) is 0 Å². The zero-order valence-electron chi connectivity index (χ0n) is 27.4. The number of ketones is 1. The molecule has 0 saturated heterocycles. The first-order valence-corrected chi connectivity index (χ1v) is 16.6. The summed E-state index contributed by atoms with van der Waals surface area (Å²) in [5.74, 6) is 2.73. The Morgan fingerprint density at radius 2 is 1.83 bits per heavy atom. The van der Waals surface area contributed by atoms with Gasteiger partial charge in [0.2, 0.25) is 0 Å². The average Bonchev–Trinajstić information content (AvgIpc) is 3.26. The van der Waals surface area contributed by atoms with Gasteiger partial charge < -0.3 is 4.74 Å². The van der Waals surface area contributed by atoms with Crippen molar-refractivity contribution in [3.05, 3.63) is 58.7 Å². The maximum atomic E-state index is 13.8. The van der Waals surface area contributed by atoms with Crippen LogP contribution >= 0.6 is 0 Å². The first-order valence-electron chi connectivity index (χ1n) is 16.6. The van der Waals surface area contributed by atoms with Crippen LogP contribution in [0.4, 0.5) is 0 Å². The molecule has 0 radical (unpaired) electrons. The topological polar surface area (TPSA) is 43.4 Å². The van der Waals surface area contributed by atoms with Gasteiger partial charge in [-0.3, -0.25) is 9.59 Å². The van der Waals surface area contributed by atoms with E-state index < -0.39 is 0 Å². The summed E-state index contributed by atoms with van der Waals surface area (Å²) in [4.78, 5) is 25.7. The summed E-state index contributed by atoms with van der Waals surface area (Å²) in [6.07, 6.45) is 17.8. The maximum absolute atomic E-state index is 13.8. The molecule has 0 amide bonds. The second-order valence-corrected chi connectivity index (χ2v) is 14.0. The van der Waals surface area contributed by atoms with E-state index in [1.165, 1.54) is 24.5 Å². The number of unbranched alkanes of at least 4 members (excludes halogenated alkanes) is 2. The predicted molar refractivity (Wildman–Crippen MR) is 172 cm³/mol. The second-order valence-electron chi connectivity index (χ2n) is 14.0. The molecule has 3 aliphatic carbocycles. The van der Waals surface area contributed by atoms with Crippen molar-refractivity contribution in [2.45, 2.75) is 138 Å². The van der Waals surface area contributed by atoms with E-state index in [0.29, 0.717) is 42.4 Å². The summed E-state index contributed by atoms with van der Waals surface area (Å²) in [5, 5.41) is 0. The number of fused-ring (bicyclic) bond motifs is 8. The van der Waals surface area contributed by atoms with Crippen molar-refractivity contribution in [2.75, 3.05) is 0 Å². The van der Waals surface area contributed by atoms with E-state index in [1.54, 1.807) is 0 Å². The van der Waals surface area contributed by atoms with Gasteiger partial charge in [-0.25, -0.2) is 0 Å². The molecule has 41 heavy (non-hydrogen) atoms. The van der Waals surface area contributed by atoms with Gasteiger partial charge in [0, 0.05) is 25.3 Å². The minimum absolute atomic E-state index is 0.117. The second kappa shape index (κ2) is 15.4. The van der Waals surface area contributed by atoms with Crippen LogP contribution in [0.2, 0.25) is 0 Å². The molecule has 228 valence electrons. The Kier molecular flexibility index (Phi) is 12.5. The molecule has 1 saturated carbocycles. The molecule has 3 heteroatoms. The molecule has 6 unspecified atom stereocenters. The summed E-state index contributed by atoms with van der Waals surface area (Å²) < 4.78 is 5.76. The summed E-state index contributed by atoms with van der Waals surface area (Å²) in [6, 6.07) is 6.65. The van der Waals surface area contributed by atoms with Gasteiger partial charge in [0.1, 0.15) is 6.10 Å². The Balaban J connectivity index is 2.06. The van der Waals surface area contributed by atoms with E-state index in [0.717, 1.165) is 62.5 Å². The van der Waals surface area contributed by atoms with Crippen LogP contribution in [0.1, 0.15) is 147 Å². The third kappa shape index (κ3) is 8.91. The Morgan fingerprint density at radius 1 is 1.07 bits per heavy atom. The first kappa shape index (κ1) is 33.3. The van der Waals surface area contributed by atoms with E-state index in [1.807, 2.05) is 0 Å². The van der Waals surface area contributed by atoms with Crippen molar-refractivity contribution in [1.82, 2.24) is 0 Å². The molecule has 3 aliphatic rings. The van der Waals surface area contributed by atoms with Gasteiger partial charge in [0.05, 0.1) is 0 Å². The van der Waals surface area contributed by atoms with Gasteiger partial charge in [0.15, 0.2) is 5.78 Å². The number of Topliss-reactive ketones (excluding diaryl/α,β-unsaturated/α-hetero) is 1. The molecule has 0 spiro atoms. The third-order valence-corrected chi connectivity index (χ3v) is 10.4. The normalized spacial score (nSPS) is 26.9. The van der Waals surface area contributed by atoms with Gasteiger partial charge in [-0.05, 0) is 104 Å². The molecule has 3 nitrogen and oxygen atoms in total. The fraction of sp³-hybridized carbons (Fsp3) is 0.684. The number of carbonyl (C=O) groups is 2. The zero-order chi connectivity index (χ0) is 30.2. The van der Waals surface area contributed by atoms with Crippen LogP contribution in [0.15, 0.2) is 42.0 Å². The number of allylic oxidation sites excluding steroid dienone is 4. The van der Waals surface area contributed by atoms with E-state index in [9.17, 15) is 9.59 Å². The highest BCUT2D eigenvalue weighted by Crippen LogP contribution is 2.59. The van der Waals surface area contributed by atoms with Crippen LogP contribution in [0, 0.1) is 29.1 Å². The maximum Gasteiger partial charge on any atom is 0.302 e. The lowest BCUT2D eigenvalue weighted by Crippen LogP contribution is -2.32. The lowest BCUT2D eigenvalue weighted by Gasteiger charge is -2.40. The molecule has 0 aromatic heterocycles. The number of hydrogen-bond donors (Lipinski definition) is 0. The van der Waals surface area contributed by atoms with E-state index in [2.05, 4.69) is 84.9 Å². The molecular formula is C38H58O3. The summed E-state index contributed by atoms with van der Waals surface area (Å²) in [5.41, 5.74) is 4.79. The Labute approximate surface area is 251 Å². The fourth-order valence-corrected chi connectivity index (χ4v) is 7.47. The SMILES string of the molecule is CCCCCC(=O)c1cc2ccc1C1CCC(C(C)C=CC(C)C(C)C)C1(C)CCC=C(C)CCC(OC(C)=O)C2. The van der Waals surface area contributed by atoms with Gasteiger partial charge in [0.25, 0.3) is 0 Å². The van der Waals surface area contributed by atoms with Gasteiger partial charge in [-0.15, -0.1) is 0 Å². The minimum Gasteiger partial charge on any atom is -0.462 e. The van der Waals surface area contributed by atoms with Crippen molar-refractivity contribution in [1.29, 1.82) is 0 Å². The van der Waals surface area contributed by atoms with Crippen molar-refractivity contribution in [3.63, 3.8) is 0 Å². The van der Waals surface area contributed by atoms with E-state index in [4.69, 9.17) is 4.74 Å². The number of rotatable bonds is 10. The summed E-state index contributed by atoms with van der Waals surface area (Å²) in [7, 11) is 0. The predicted octanol–water partition coefficient (Wildman–Crippen LogP) is 10.4. The molecule has 0 heterocycles. The minimum atomic E-state index is -0.232. The lowest BCUT2D eigenvalue weighted by molar-refractivity contribution is -0.146. The van der Waals surface area contributed by atoms with Crippen molar-refractivity contribution < 1.29 is 14.3 Å². The Hall–Kier alpha value is -2.16. The molecule has 1 fully saturated rings. The molecule has 4 rings (SSSR count). The van der Waals surface area contributed by atoms with Crippen LogP contribution in [-0.2, 0) is 16.0 Å². The monoisotopic (exact) mass is 562 g/mol. The van der Waals surface area contributed by atoms with Crippen LogP contribution < -0.4 is 0 Å². The Morgan fingerprint density at radius 3 is 2.51 bits per heavy atom. The molecule has 1 aromatic carbocycles. The molecular weight excluding hydrogens is 504 g/mol. The molecule has 1 aromatic rings. The van der Waals surface area contributed by atoms with Crippen LogP contribution in [0.3, 0.4) is 0 Å². The molecule has 6 atom stereocenters. The third-order valence-electron chi connectivity index (χ3n) is 10.4. The highest BCUT2D eigenvalue weighted by molar-refractivity contribution is 5.98. The number of esters is 1.